The van der Waals surface area contributed by atoms with Gasteiger partial charge in [-0.25, -0.2) is 19.9 Å². The molecule has 7 heteroatoms. The van der Waals surface area contributed by atoms with Gasteiger partial charge in [0.1, 0.15) is 17.6 Å². The lowest BCUT2D eigenvalue weighted by atomic mass is 10.1. The van der Waals surface area contributed by atoms with Gasteiger partial charge in [-0.05, 0) is 24.3 Å². The quantitative estimate of drug-likeness (QED) is 0.510. The maximum atomic E-state index is 13.5. The fourth-order valence-corrected chi connectivity index (χ4v) is 3.25. The molecule has 0 bridgehead atoms. The zero-order valence-electron chi connectivity index (χ0n) is 14.9. The largest absolute Gasteiger partial charge is 0.469 e. The molecule has 0 aliphatic carbocycles. The van der Waals surface area contributed by atoms with E-state index in [1.165, 1.54) is 12.3 Å². The molecule has 4 aromatic rings. The molecule has 4 heterocycles. The van der Waals surface area contributed by atoms with Gasteiger partial charge < -0.3 is 9.64 Å². The molecule has 0 N–H and O–H groups in total. The number of benzene rings is 1. The van der Waals surface area contributed by atoms with Crippen molar-refractivity contribution in [3.05, 3.63) is 73.1 Å². The number of nitrogens with zero attached hydrogens (tertiary/aromatic N) is 5. The summed E-state index contributed by atoms with van der Waals surface area (Å²) >= 11 is 0. The number of anilines is 1. The summed E-state index contributed by atoms with van der Waals surface area (Å²) in [6.45, 7) is 1.40. The molecule has 0 saturated carbocycles. The molecular formula is C21H16FN5O. The van der Waals surface area contributed by atoms with E-state index in [-0.39, 0.29) is 6.10 Å². The number of pyridine rings is 2. The topological polar surface area (TPSA) is 64.0 Å². The maximum Gasteiger partial charge on any atom is 0.240 e. The Morgan fingerprint density at radius 3 is 2.68 bits per heavy atom. The maximum absolute atomic E-state index is 13.5. The number of para-hydroxylation sites is 1. The lowest BCUT2D eigenvalue weighted by Gasteiger charge is -2.39. The Labute approximate surface area is 160 Å². The smallest absolute Gasteiger partial charge is 0.240 e. The van der Waals surface area contributed by atoms with Crippen LogP contribution in [0.3, 0.4) is 0 Å². The molecule has 5 rings (SSSR count). The predicted octanol–water partition coefficient (Wildman–Crippen LogP) is 3.49. The minimum atomic E-state index is -0.564. The molecule has 1 aliphatic heterocycles. The van der Waals surface area contributed by atoms with E-state index in [4.69, 9.17) is 9.72 Å². The molecule has 0 spiro atoms. The van der Waals surface area contributed by atoms with Crippen molar-refractivity contribution < 1.29 is 9.13 Å². The van der Waals surface area contributed by atoms with E-state index < -0.39 is 5.95 Å². The van der Waals surface area contributed by atoms with Crippen molar-refractivity contribution in [1.29, 1.82) is 0 Å². The normalized spacial score (nSPS) is 14.1. The highest BCUT2D eigenvalue weighted by Gasteiger charge is 2.31. The number of hydrogen-bond donors (Lipinski definition) is 0. The summed E-state index contributed by atoms with van der Waals surface area (Å²) in [7, 11) is 0. The van der Waals surface area contributed by atoms with Gasteiger partial charge >= 0.3 is 0 Å². The molecule has 0 amide bonds. The van der Waals surface area contributed by atoms with Crippen molar-refractivity contribution in [3.8, 4) is 17.1 Å². The van der Waals surface area contributed by atoms with Crippen molar-refractivity contribution >= 4 is 16.7 Å². The van der Waals surface area contributed by atoms with Crippen LogP contribution in [0.25, 0.3) is 22.2 Å². The second-order valence-electron chi connectivity index (χ2n) is 6.58. The Kier molecular flexibility index (Phi) is 4.05. The molecule has 28 heavy (non-hydrogen) atoms. The van der Waals surface area contributed by atoms with Gasteiger partial charge in [0, 0.05) is 35.6 Å². The summed E-state index contributed by atoms with van der Waals surface area (Å²) in [5.74, 6) is 0.754. The fourth-order valence-electron chi connectivity index (χ4n) is 3.25. The van der Waals surface area contributed by atoms with E-state index in [9.17, 15) is 4.39 Å². The fraction of sp³-hybridized carbons (Fsp3) is 0.143. The van der Waals surface area contributed by atoms with Crippen molar-refractivity contribution in [3.63, 3.8) is 0 Å². The lowest BCUT2D eigenvalue weighted by molar-refractivity contribution is 0.160. The first-order chi connectivity index (χ1) is 13.8. The van der Waals surface area contributed by atoms with Gasteiger partial charge in [0.05, 0.1) is 18.6 Å². The minimum Gasteiger partial charge on any atom is -0.469 e. The summed E-state index contributed by atoms with van der Waals surface area (Å²) in [6, 6.07) is 15.1. The highest BCUT2D eigenvalue weighted by molar-refractivity contribution is 5.80. The number of aromatic nitrogens is 4. The van der Waals surface area contributed by atoms with Gasteiger partial charge in [0.15, 0.2) is 0 Å². The van der Waals surface area contributed by atoms with Crippen molar-refractivity contribution in [2.75, 3.05) is 18.0 Å². The Bertz CT molecular complexity index is 1150. The van der Waals surface area contributed by atoms with Crippen LogP contribution in [-0.2, 0) is 0 Å². The first-order valence-electron chi connectivity index (χ1n) is 8.96. The second-order valence-corrected chi connectivity index (χ2v) is 6.58. The highest BCUT2D eigenvalue weighted by Crippen LogP contribution is 2.29. The summed E-state index contributed by atoms with van der Waals surface area (Å²) < 4.78 is 19.5. The molecule has 1 fully saturated rings. The lowest BCUT2D eigenvalue weighted by Crippen LogP contribution is -2.54. The molecule has 0 atom stereocenters. The van der Waals surface area contributed by atoms with Gasteiger partial charge in [0.2, 0.25) is 11.8 Å². The second kappa shape index (κ2) is 6.84. The summed E-state index contributed by atoms with van der Waals surface area (Å²) in [5, 5.41) is 1.12. The monoisotopic (exact) mass is 373 g/mol. The summed E-state index contributed by atoms with van der Waals surface area (Å²) in [6.07, 6.45) is 4.50. The van der Waals surface area contributed by atoms with Crippen LogP contribution in [0.1, 0.15) is 0 Å². The van der Waals surface area contributed by atoms with E-state index in [1.807, 2.05) is 30.3 Å². The average molecular weight is 373 g/mol. The zero-order chi connectivity index (χ0) is 18.9. The molecule has 138 valence electrons. The summed E-state index contributed by atoms with van der Waals surface area (Å²) in [4.78, 5) is 19.0. The summed E-state index contributed by atoms with van der Waals surface area (Å²) in [5.41, 5.74) is 2.06. The number of halogens is 1. The van der Waals surface area contributed by atoms with Crippen LogP contribution in [0.5, 0.6) is 5.88 Å². The molecule has 1 aliphatic rings. The average Bonchev–Trinajstić information content (AvgIpc) is 2.70. The molecule has 1 saturated heterocycles. The number of ether oxygens (including phenoxy) is 1. The van der Waals surface area contributed by atoms with Gasteiger partial charge in [-0.2, -0.15) is 4.39 Å². The third-order valence-corrected chi connectivity index (χ3v) is 4.70. The standard InChI is InChI=1S/C21H16FN5O/c22-18-11-15(7-8-23-18)20-21(25-10-9-24-20)28-16-12-27(13-16)19-6-5-14-3-1-2-4-17(14)26-19/h1-11,16H,12-13H2. The first-order valence-corrected chi connectivity index (χ1v) is 8.96. The zero-order valence-corrected chi connectivity index (χ0v) is 14.9. The van der Waals surface area contributed by atoms with Crippen molar-refractivity contribution in [1.82, 2.24) is 19.9 Å². The predicted molar refractivity (Wildman–Crippen MR) is 104 cm³/mol. The Hall–Kier alpha value is -3.61. The third kappa shape index (κ3) is 3.11. The highest BCUT2D eigenvalue weighted by atomic mass is 19.1. The van der Waals surface area contributed by atoms with Gasteiger partial charge in [0.25, 0.3) is 0 Å². The van der Waals surface area contributed by atoms with Gasteiger partial charge in [-0.15, -0.1) is 0 Å². The van der Waals surface area contributed by atoms with E-state index in [0.717, 1.165) is 16.7 Å². The van der Waals surface area contributed by atoms with Crippen molar-refractivity contribution in [2.24, 2.45) is 0 Å². The van der Waals surface area contributed by atoms with Crippen molar-refractivity contribution in [2.45, 2.75) is 6.10 Å². The van der Waals surface area contributed by atoms with E-state index >= 15 is 0 Å². The Morgan fingerprint density at radius 1 is 0.929 bits per heavy atom. The molecule has 1 aromatic carbocycles. The van der Waals surface area contributed by atoms with Crippen LogP contribution in [0.4, 0.5) is 10.2 Å². The number of fused-ring (bicyclic) bond motifs is 1. The molecule has 3 aromatic heterocycles. The van der Waals surface area contributed by atoms with Crippen LogP contribution < -0.4 is 9.64 Å². The van der Waals surface area contributed by atoms with Crippen LogP contribution in [0.15, 0.2) is 67.1 Å². The SMILES string of the molecule is Fc1cc(-c2nccnc2OC2CN(c3ccc4ccccc4n3)C2)ccn1. The van der Waals surface area contributed by atoms with Crippen LogP contribution in [0, 0.1) is 5.95 Å². The van der Waals surface area contributed by atoms with Crippen LogP contribution in [0.2, 0.25) is 0 Å². The van der Waals surface area contributed by atoms with E-state index in [2.05, 4.69) is 25.9 Å². The van der Waals surface area contributed by atoms with Gasteiger partial charge in [-0.1, -0.05) is 18.2 Å². The third-order valence-electron chi connectivity index (χ3n) is 4.70. The van der Waals surface area contributed by atoms with E-state index in [1.54, 1.807) is 18.5 Å². The molecule has 6 nitrogen and oxygen atoms in total. The Morgan fingerprint density at radius 2 is 1.79 bits per heavy atom. The van der Waals surface area contributed by atoms with Crippen LogP contribution >= 0.6 is 0 Å². The van der Waals surface area contributed by atoms with Crippen LogP contribution in [-0.4, -0.2) is 39.1 Å². The molecular weight excluding hydrogens is 357 g/mol. The first kappa shape index (κ1) is 16.6. The Balaban J connectivity index is 1.31. The minimum absolute atomic E-state index is 0.0320. The number of rotatable bonds is 4. The molecule has 0 unspecified atom stereocenters. The molecule has 0 radical (unpaired) electrons. The number of hydrogen-bond acceptors (Lipinski definition) is 6. The van der Waals surface area contributed by atoms with Gasteiger partial charge in [-0.3, -0.25) is 0 Å². The van der Waals surface area contributed by atoms with E-state index in [0.29, 0.717) is 30.2 Å².